The van der Waals surface area contributed by atoms with Crippen molar-refractivity contribution in [2.24, 2.45) is 17.6 Å². The molecule has 0 aromatic carbocycles. The number of carbonyl (C=O) groups is 3. The first-order chi connectivity index (χ1) is 9.31. The standard InChI is InChI=1S/C13H23N3O4/c1-8(2)6-10(15-13(14)20)11(17)16-5-3-4-9(7-16)12(18)19/h8-10H,3-7H2,1-2H3,(H,18,19)(H3,14,15,20)/t9-,10?/m1/s1. The zero-order valence-corrected chi connectivity index (χ0v) is 12.0. The van der Waals surface area contributed by atoms with Crippen molar-refractivity contribution in [2.75, 3.05) is 13.1 Å². The number of hydrogen-bond donors (Lipinski definition) is 3. The minimum absolute atomic E-state index is 0.198. The maximum absolute atomic E-state index is 12.4. The Labute approximate surface area is 118 Å². The van der Waals surface area contributed by atoms with E-state index in [0.29, 0.717) is 25.8 Å². The second-order valence-electron chi connectivity index (χ2n) is 5.65. The van der Waals surface area contributed by atoms with Crippen molar-refractivity contribution in [1.82, 2.24) is 10.2 Å². The molecule has 2 atom stereocenters. The van der Waals surface area contributed by atoms with E-state index >= 15 is 0 Å². The fourth-order valence-electron chi connectivity index (χ4n) is 2.46. The molecule has 7 nitrogen and oxygen atoms in total. The van der Waals surface area contributed by atoms with E-state index in [0.717, 1.165) is 0 Å². The van der Waals surface area contributed by atoms with E-state index in [-0.39, 0.29) is 18.4 Å². The molecule has 0 spiro atoms. The van der Waals surface area contributed by atoms with E-state index in [1.165, 1.54) is 4.90 Å². The molecule has 20 heavy (non-hydrogen) atoms. The number of nitrogens with one attached hydrogen (secondary N) is 1. The average molecular weight is 285 g/mol. The molecule has 114 valence electrons. The third-order valence-electron chi connectivity index (χ3n) is 3.40. The van der Waals surface area contributed by atoms with E-state index in [2.05, 4.69) is 5.32 Å². The lowest BCUT2D eigenvalue weighted by Crippen LogP contribution is -2.53. The Morgan fingerprint density at radius 3 is 2.55 bits per heavy atom. The zero-order valence-electron chi connectivity index (χ0n) is 12.0. The Morgan fingerprint density at radius 2 is 2.05 bits per heavy atom. The van der Waals surface area contributed by atoms with Gasteiger partial charge in [-0.15, -0.1) is 0 Å². The minimum Gasteiger partial charge on any atom is -0.481 e. The molecule has 1 unspecified atom stereocenters. The average Bonchev–Trinajstić information content (AvgIpc) is 2.36. The molecule has 3 amide bonds. The van der Waals surface area contributed by atoms with Crippen LogP contribution in [0.5, 0.6) is 0 Å². The Kier molecular flexibility index (Phi) is 5.79. The van der Waals surface area contributed by atoms with Crippen LogP contribution in [-0.2, 0) is 9.59 Å². The summed E-state index contributed by atoms with van der Waals surface area (Å²) in [5.74, 6) is -1.44. The number of amides is 3. The van der Waals surface area contributed by atoms with Crippen molar-refractivity contribution >= 4 is 17.9 Å². The van der Waals surface area contributed by atoms with Crippen LogP contribution in [0.2, 0.25) is 0 Å². The van der Waals surface area contributed by atoms with Gasteiger partial charge in [0.25, 0.3) is 0 Å². The lowest BCUT2D eigenvalue weighted by atomic mass is 9.96. The molecule has 1 heterocycles. The Balaban J connectivity index is 2.72. The molecular formula is C13H23N3O4. The third-order valence-corrected chi connectivity index (χ3v) is 3.40. The molecule has 0 aromatic heterocycles. The lowest BCUT2D eigenvalue weighted by molar-refractivity contribution is -0.146. The molecule has 1 fully saturated rings. The van der Waals surface area contributed by atoms with Gasteiger partial charge in [-0.25, -0.2) is 4.79 Å². The molecule has 1 rings (SSSR count). The number of primary amides is 1. The molecule has 0 saturated carbocycles. The predicted octanol–water partition coefficient (Wildman–Crippen LogP) is 0.393. The van der Waals surface area contributed by atoms with Gasteiger partial charge in [0.2, 0.25) is 5.91 Å². The minimum atomic E-state index is -0.884. The number of nitrogens with two attached hydrogens (primary N) is 1. The predicted molar refractivity (Wildman–Crippen MR) is 72.9 cm³/mol. The molecule has 0 aromatic rings. The maximum Gasteiger partial charge on any atom is 0.312 e. The van der Waals surface area contributed by atoms with Crippen molar-refractivity contribution < 1.29 is 19.5 Å². The Hall–Kier alpha value is -1.79. The summed E-state index contributed by atoms with van der Waals surface area (Å²) in [5.41, 5.74) is 5.10. The summed E-state index contributed by atoms with van der Waals surface area (Å²) >= 11 is 0. The van der Waals surface area contributed by atoms with E-state index in [1.54, 1.807) is 0 Å². The fourth-order valence-corrected chi connectivity index (χ4v) is 2.46. The number of nitrogens with zero attached hydrogens (tertiary/aromatic N) is 1. The second-order valence-corrected chi connectivity index (χ2v) is 5.65. The summed E-state index contributed by atoms with van der Waals surface area (Å²) in [6, 6.07) is -1.42. The SMILES string of the molecule is CC(C)CC(NC(N)=O)C(=O)N1CCC[C@@H](C(=O)O)C1. The van der Waals surface area contributed by atoms with Gasteiger partial charge in [-0.05, 0) is 25.2 Å². The van der Waals surface area contributed by atoms with Gasteiger partial charge < -0.3 is 21.1 Å². The van der Waals surface area contributed by atoms with Crippen molar-refractivity contribution in [2.45, 2.75) is 39.2 Å². The van der Waals surface area contributed by atoms with Crippen LogP contribution in [-0.4, -0.2) is 47.0 Å². The van der Waals surface area contributed by atoms with Crippen LogP contribution >= 0.6 is 0 Å². The van der Waals surface area contributed by atoms with Crippen LogP contribution in [0.1, 0.15) is 33.1 Å². The smallest absolute Gasteiger partial charge is 0.312 e. The van der Waals surface area contributed by atoms with Gasteiger partial charge >= 0.3 is 12.0 Å². The van der Waals surface area contributed by atoms with E-state index in [4.69, 9.17) is 10.8 Å². The van der Waals surface area contributed by atoms with Crippen LogP contribution in [0.3, 0.4) is 0 Å². The Morgan fingerprint density at radius 1 is 1.40 bits per heavy atom. The molecule has 7 heteroatoms. The van der Waals surface area contributed by atoms with Crippen LogP contribution in [0.4, 0.5) is 4.79 Å². The number of urea groups is 1. The largest absolute Gasteiger partial charge is 0.481 e. The topological polar surface area (TPSA) is 113 Å². The van der Waals surface area contributed by atoms with Crippen molar-refractivity contribution in [1.29, 1.82) is 0 Å². The molecule has 0 aliphatic carbocycles. The number of carboxylic acid groups (broad SMARTS) is 1. The summed E-state index contributed by atoms with van der Waals surface area (Å²) in [7, 11) is 0. The zero-order chi connectivity index (χ0) is 15.3. The summed E-state index contributed by atoms with van der Waals surface area (Å²) in [6.45, 7) is 4.61. The van der Waals surface area contributed by atoms with Crippen LogP contribution in [0.25, 0.3) is 0 Å². The molecular weight excluding hydrogens is 262 g/mol. The van der Waals surface area contributed by atoms with Gasteiger partial charge in [0.05, 0.1) is 5.92 Å². The molecule has 4 N–H and O–H groups in total. The van der Waals surface area contributed by atoms with Crippen molar-refractivity contribution in [3.05, 3.63) is 0 Å². The molecule has 1 aliphatic rings. The first-order valence-electron chi connectivity index (χ1n) is 6.88. The number of carbonyl (C=O) groups excluding carboxylic acids is 2. The van der Waals surface area contributed by atoms with Crippen molar-refractivity contribution in [3.63, 3.8) is 0 Å². The molecule has 1 aliphatic heterocycles. The highest BCUT2D eigenvalue weighted by molar-refractivity contribution is 5.87. The summed E-state index contributed by atoms with van der Waals surface area (Å²) in [6.07, 6.45) is 1.72. The monoisotopic (exact) mass is 285 g/mol. The molecule has 0 radical (unpaired) electrons. The van der Waals surface area contributed by atoms with Crippen molar-refractivity contribution in [3.8, 4) is 0 Å². The second kappa shape index (κ2) is 7.12. The first kappa shape index (κ1) is 16.3. The normalized spacial score (nSPS) is 20.6. The van der Waals surface area contributed by atoms with Crippen LogP contribution in [0, 0.1) is 11.8 Å². The van der Waals surface area contributed by atoms with Gasteiger partial charge in [0.1, 0.15) is 6.04 Å². The summed E-state index contributed by atoms with van der Waals surface area (Å²) in [4.78, 5) is 35.9. The van der Waals surface area contributed by atoms with Gasteiger partial charge in [-0.1, -0.05) is 13.8 Å². The summed E-state index contributed by atoms with van der Waals surface area (Å²) in [5, 5.41) is 11.5. The lowest BCUT2D eigenvalue weighted by Gasteiger charge is -2.33. The van der Waals surface area contributed by atoms with E-state index < -0.39 is 24.0 Å². The number of aliphatic carboxylic acids is 1. The maximum atomic E-state index is 12.4. The number of likely N-dealkylation sites (tertiary alicyclic amines) is 1. The quantitative estimate of drug-likeness (QED) is 0.678. The Bertz CT molecular complexity index is 384. The first-order valence-corrected chi connectivity index (χ1v) is 6.88. The van der Waals surface area contributed by atoms with E-state index in [1.807, 2.05) is 13.8 Å². The summed E-state index contributed by atoms with van der Waals surface area (Å²) < 4.78 is 0. The van der Waals surface area contributed by atoms with Crippen LogP contribution in [0.15, 0.2) is 0 Å². The van der Waals surface area contributed by atoms with Crippen LogP contribution < -0.4 is 11.1 Å². The fraction of sp³-hybridized carbons (Fsp3) is 0.769. The number of piperidine rings is 1. The van der Waals surface area contributed by atoms with Gasteiger partial charge in [0, 0.05) is 13.1 Å². The highest BCUT2D eigenvalue weighted by atomic mass is 16.4. The van der Waals surface area contributed by atoms with Gasteiger partial charge in [-0.3, -0.25) is 9.59 Å². The van der Waals surface area contributed by atoms with Gasteiger partial charge in [-0.2, -0.15) is 0 Å². The highest BCUT2D eigenvalue weighted by Crippen LogP contribution is 2.18. The highest BCUT2D eigenvalue weighted by Gasteiger charge is 2.32. The number of hydrogen-bond acceptors (Lipinski definition) is 3. The van der Waals surface area contributed by atoms with E-state index in [9.17, 15) is 14.4 Å². The van der Waals surface area contributed by atoms with Gasteiger partial charge in [0.15, 0.2) is 0 Å². The molecule has 1 saturated heterocycles. The third kappa shape index (κ3) is 4.71. The number of carboxylic acids is 1. The number of rotatable bonds is 5. The molecule has 0 bridgehead atoms.